The maximum atomic E-state index is 8.89. The molecule has 5 heteroatoms. The fourth-order valence-corrected chi connectivity index (χ4v) is 1.56. The van der Waals surface area contributed by atoms with Crippen molar-refractivity contribution in [2.75, 3.05) is 19.8 Å². The minimum Gasteiger partial charge on any atom is -0.472 e. The van der Waals surface area contributed by atoms with Gasteiger partial charge in [0.2, 0.25) is 5.88 Å². The fourth-order valence-electron chi connectivity index (χ4n) is 1.56. The van der Waals surface area contributed by atoms with E-state index in [1.807, 2.05) is 6.07 Å². The number of nitrogens with zero attached hydrogens (tertiary/aromatic N) is 1. The Labute approximate surface area is 94.2 Å². The van der Waals surface area contributed by atoms with E-state index >= 15 is 0 Å². The minimum atomic E-state index is -0.378. The van der Waals surface area contributed by atoms with Crippen LogP contribution in [-0.2, 0) is 4.74 Å². The highest BCUT2D eigenvalue weighted by molar-refractivity contribution is 5.20. The highest BCUT2D eigenvalue weighted by Gasteiger charge is 2.17. The maximum absolute atomic E-state index is 8.89. The van der Waals surface area contributed by atoms with E-state index in [1.54, 1.807) is 12.3 Å². The standard InChI is InChI=1S/C11H16N2O3/c12-10(6-14)8-1-2-11(13-5-8)16-9-3-4-15-7-9/h1-2,5,9-10,14H,3-4,6-7,12H2/t9-,10-/m0/s1. The van der Waals surface area contributed by atoms with Gasteiger partial charge in [0.15, 0.2) is 0 Å². The smallest absolute Gasteiger partial charge is 0.213 e. The Kier molecular flexibility index (Phi) is 3.71. The zero-order valence-corrected chi connectivity index (χ0v) is 9.00. The Bertz CT molecular complexity index is 323. The first-order valence-corrected chi connectivity index (χ1v) is 5.36. The van der Waals surface area contributed by atoms with Crippen LogP contribution in [0.4, 0.5) is 0 Å². The molecule has 1 aromatic rings. The summed E-state index contributed by atoms with van der Waals surface area (Å²) in [6.07, 6.45) is 2.64. The second-order valence-corrected chi connectivity index (χ2v) is 3.82. The van der Waals surface area contributed by atoms with Gasteiger partial charge >= 0.3 is 0 Å². The molecule has 0 unspecified atom stereocenters. The summed E-state index contributed by atoms with van der Waals surface area (Å²) < 4.78 is 10.8. The lowest BCUT2D eigenvalue weighted by Gasteiger charge is -2.12. The Morgan fingerprint density at radius 1 is 1.62 bits per heavy atom. The van der Waals surface area contributed by atoms with Crippen LogP contribution in [0, 0.1) is 0 Å². The van der Waals surface area contributed by atoms with E-state index in [0.717, 1.165) is 18.6 Å². The van der Waals surface area contributed by atoms with Crippen LogP contribution in [-0.4, -0.2) is 36.0 Å². The van der Waals surface area contributed by atoms with E-state index in [2.05, 4.69) is 4.98 Å². The van der Waals surface area contributed by atoms with Gasteiger partial charge in [-0.2, -0.15) is 0 Å². The van der Waals surface area contributed by atoms with Gasteiger partial charge in [-0.25, -0.2) is 4.98 Å². The van der Waals surface area contributed by atoms with Crippen LogP contribution in [0.3, 0.4) is 0 Å². The van der Waals surface area contributed by atoms with E-state index in [0.29, 0.717) is 12.5 Å². The third-order valence-corrected chi connectivity index (χ3v) is 2.56. The van der Waals surface area contributed by atoms with Crippen molar-refractivity contribution in [3.63, 3.8) is 0 Å². The SMILES string of the molecule is N[C@@H](CO)c1ccc(O[C@H]2CCOC2)nc1. The molecule has 0 saturated carbocycles. The normalized spacial score (nSPS) is 22.0. The number of nitrogens with two attached hydrogens (primary N) is 1. The van der Waals surface area contributed by atoms with Gasteiger partial charge in [0, 0.05) is 18.7 Å². The summed E-state index contributed by atoms with van der Waals surface area (Å²) in [5, 5.41) is 8.89. The van der Waals surface area contributed by atoms with Crippen LogP contribution in [0.15, 0.2) is 18.3 Å². The summed E-state index contributed by atoms with van der Waals surface area (Å²) in [5.41, 5.74) is 6.46. The molecule has 2 heterocycles. The number of aromatic nitrogens is 1. The molecule has 1 saturated heterocycles. The van der Waals surface area contributed by atoms with E-state index in [1.165, 1.54) is 0 Å². The Morgan fingerprint density at radius 2 is 2.50 bits per heavy atom. The number of hydrogen-bond donors (Lipinski definition) is 2. The van der Waals surface area contributed by atoms with Gasteiger partial charge in [0.1, 0.15) is 6.10 Å². The van der Waals surface area contributed by atoms with Crippen molar-refractivity contribution >= 4 is 0 Å². The predicted octanol–water partition coefficient (Wildman–Crippen LogP) is 0.241. The monoisotopic (exact) mass is 224 g/mol. The molecule has 2 rings (SSSR count). The van der Waals surface area contributed by atoms with Crippen molar-refractivity contribution in [3.8, 4) is 5.88 Å². The topological polar surface area (TPSA) is 77.6 Å². The van der Waals surface area contributed by atoms with Gasteiger partial charge in [-0.15, -0.1) is 0 Å². The summed E-state index contributed by atoms with van der Waals surface area (Å²) in [6.45, 7) is 1.29. The van der Waals surface area contributed by atoms with Crippen LogP contribution < -0.4 is 10.5 Å². The summed E-state index contributed by atoms with van der Waals surface area (Å²) in [4.78, 5) is 4.14. The molecule has 1 aromatic heterocycles. The van der Waals surface area contributed by atoms with Crippen molar-refractivity contribution in [3.05, 3.63) is 23.9 Å². The first kappa shape index (κ1) is 11.3. The van der Waals surface area contributed by atoms with Gasteiger partial charge in [0.25, 0.3) is 0 Å². The number of ether oxygens (including phenoxy) is 2. The predicted molar refractivity (Wildman–Crippen MR) is 58.1 cm³/mol. The first-order chi connectivity index (χ1) is 7.79. The molecule has 1 aliphatic heterocycles. The van der Waals surface area contributed by atoms with E-state index < -0.39 is 0 Å². The molecular formula is C11H16N2O3. The molecule has 1 aliphatic rings. The molecule has 3 N–H and O–H groups in total. The summed E-state index contributed by atoms with van der Waals surface area (Å²) >= 11 is 0. The summed E-state index contributed by atoms with van der Waals surface area (Å²) in [6, 6.07) is 3.21. The number of aliphatic hydroxyl groups excluding tert-OH is 1. The molecule has 0 aliphatic carbocycles. The number of aliphatic hydroxyl groups is 1. The van der Waals surface area contributed by atoms with Gasteiger partial charge in [-0.05, 0) is 5.56 Å². The van der Waals surface area contributed by atoms with Crippen LogP contribution in [0.2, 0.25) is 0 Å². The van der Waals surface area contributed by atoms with Gasteiger partial charge < -0.3 is 20.3 Å². The fraction of sp³-hybridized carbons (Fsp3) is 0.545. The lowest BCUT2D eigenvalue weighted by molar-refractivity contribution is 0.138. The van der Waals surface area contributed by atoms with Crippen molar-refractivity contribution in [1.82, 2.24) is 4.98 Å². The van der Waals surface area contributed by atoms with Crippen LogP contribution in [0.1, 0.15) is 18.0 Å². The zero-order chi connectivity index (χ0) is 11.4. The molecule has 0 bridgehead atoms. The molecular weight excluding hydrogens is 208 g/mol. The largest absolute Gasteiger partial charge is 0.472 e. The van der Waals surface area contributed by atoms with E-state index in [-0.39, 0.29) is 18.8 Å². The molecule has 2 atom stereocenters. The Hall–Kier alpha value is -1.17. The summed E-state index contributed by atoms with van der Waals surface area (Å²) in [5.74, 6) is 0.574. The summed E-state index contributed by atoms with van der Waals surface area (Å²) in [7, 11) is 0. The minimum absolute atomic E-state index is 0.0850. The second kappa shape index (κ2) is 5.25. The van der Waals surface area contributed by atoms with Gasteiger partial charge in [0.05, 0.1) is 25.9 Å². The van der Waals surface area contributed by atoms with Crippen molar-refractivity contribution < 1.29 is 14.6 Å². The van der Waals surface area contributed by atoms with E-state index in [4.69, 9.17) is 20.3 Å². The van der Waals surface area contributed by atoms with E-state index in [9.17, 15) is 0 Å². The van der Waals surface area contributed by atoms with Crippen molar-refractivity contribution in [2.24, 2.45) is 5.73 Å². The van der Waals surface area contributed by atoms with Gasteiger partial charge in [-0.3, -0.25) is 0 Å². The number of rotatable bonds is 4. The average Bonchev–Trinajstić information content (AvgIpc) is 2.82. The Morgan fingerprint density at radius 3 is 3.06 bits per heavy atom. The highest BCUT2D eigenvalue weighted by atomic mass is 16.5. The maximum Gasteiger partial charge on any atom is 0.213 e. The lowest BCUT2D eigenvalue weighted by Crippen LogP contribution is -2.17. The molecule has 0 radical (unpaired) electrons. The molecule has 16 heavy (non-hydrogen) atoms. The average molecular weight is 224 g/mol. The first-order valence-electron chi connectivity index (χ1n) is 5.36. The van der Waals surface area contributed by atoms with Crippen molar-refractivity contribution in [1.29, 1.82) is 0 Å². The molecule has 88 valence electrons. The number of hydrogen-bond acceptors (Lipinski definition) is 5. The quantitative estimate of drug-likeness (QED) is 0.766. The number of pyridine rings is 1. The molecule has 0 aromatic carbocycles. The van der Waals surface area contributed by atoms with Crippen LogP contribution in [0.5, 0.6) is 5.88 Å². The molecule has 5 nitrogen and oxygen atoms in total. The van der Waals surface area contributed by atoms with Crippen molar-refractivity contribution in [2.45, 2.75) is 18.6 Å². The molecule has 0 amide bonds. The van der Waals surface area contributed by atoms with Crippen LogP contribution in [0.25, 0.3) is 0 Å². The third kappa shape index (κ3) is 2.69. The lowest BCUT2D eigenvalue weighted by atomic mass is 10.1. The second-order valence-electron chi connectivity index (χ2n) is 3.82. The van der Waals surface area contributed by atoms with Crippen LogP contribution >= 0.6 is 0 Å². The zero-order valence-electron chi connectivity index (χ0n) is 9.00. The molecule has 1 fully saturated rings. The Balaban J connectivity index is 1.96. The molecule has 0 spiro atoms. The third-order valence-electron chi connectivity index (χ3n) is 2.56. The highest BCUT2D eigenvalue weighted by Crippen LogP contribution is 2.16. The van der Waals surface area contributed by atoms with Gasteiger partial charge in [-0.1, -0.05) is 6.07 Å².